The number of aromatic nitrogens is 4. The number of likely N-dealkylation sites (tertiary alicyclic amines) is 1. The quantitative estimate of drug-likeness (QED) is 0.0877. The molecule has 4 unspecified atom stereocenters. The second kappa shape index (κ2) is 18.7. The van der Waals surface area contributed by atoms with Crippen molar-refractivity contribution in [2.75, 3.05) is 20.8 Å². The van der Waals surface area contributed by atoms with Gasteiger partial charge >= 0.3 is 12.2 Å². The van der Waals surface area contributed by atoms with Crippen LogP contribution in [0.15, 0.2) is 122 Å². The number of rotatable bonds is 11. The van der Waals surface area contributed by atoms with Crippen molar-refractivity contribution in [2.45, 2.75) is 43.9 Å². The van der Waals surface area contributed by atoms with E-state index in [1.165, 1.54) is 14.2 Å². The number of carbonyl (C=O) groups excluding carboxylic acids is 4. The Morgan fingerprint density at radius 1 is 0.683 bits per heavy atom. The third-order valence-corrected chi connectivity index (χ3v) is 10.2. The van der Waals surface area contributed by atoms with E-state index in [0.717, 1.165) is 46.5 Å². The summed E-state index contributed by atoms with van der Waals surface area (Å²) in [7, 11) is 2.52. The Morgan fingerprint density at radius 3 is 1.77 bits per heavy atom. The number of methoxy groups -OCH3 is 2. The summed E-state index contributed by atoms with van der Waals surface area (Å²) >= 11 is 0. The van der Waals surface area contributed by atoms with Gasteiger partial charge in [-0.05, 0) is 66.3 Å². The van der Waals surface area contributed by atoms with Gasteiger partial charge in [-0.1, -0.05) is 96.8 Å². The van der Waals surface area contributed by atoms with Gasteiger partial charge in [0.25, 0.3) is 5.91 Å². The molecule has 0 aliphatic carbocycles. The lowest BCUT2D eigenvalue weighted by Gasteiger charge is -2.28. The number of imidazole rings is 2. The molecule has 0 bridgehead atoms. The highest BCUT2D eigenvalue weighted by Crippen LogP contribution is 2.34. The minimum Gasteiger partial charge on any atom is -0.453 e. The normalized spacial score (nSPS) is 14.8. The van der Waals surface area contributed by atoms with Crippen molar-refractivity contribution < 1.29 is 28.7 Å². The van der Waals surface area contributed by atoms with Crippen LogP contribution in [0, 0.1) is 11.8 Å². The number of benzene rings is 4. The first-order valence-electron chi connectivity index (χ1n) is 19.4. The fourth-order valence-corrected chi connectivity index (χ4v) is 7.04. The highest BCUT2D eigenvalue weighted by atomic mass is 16.5. The average Bonchev–Trinajstić information content (AvgIpc) is 4.10. The Hall–Kier alpha value is -7.66. The minimum absolute atomic E-state index is 0.224. The van der Waals surface area contributed by atoms with E-state index in [1.54, 1.807) is 41.6 Å². The summed E-state index contributed by atoms with van der Waals surface area (Å²) in [5, 5.41) is 8.21. The number of hydrogen-bond acceptors (Lipinski definition) is 8. The molecule has 1 aliphatic heterocycles. The van der Waals surface area contributed by atoms with Crippen molar-refractivity contribution in [2.24, 2.45) is 0 Å². The molecule has 14 nitrogen and oxygen atoms in total. The molecule has 4 atom stereocenters. The Bertz CT molecular complexity index is 2490. The number of hydrogen-bond donors (Lipinski definition) is 5. The molecule has 14 heteroatoms. The maximum atomic E-state index is 13.8. The van der Waals surface area contributed by atoms with E-state index in [-0.39, 0.29) is 11.9 Å². The molecule has 4 aromatic carbocycles. The second-order valence-electron chi connectivity index (χ2n) is 14.1. The third-order valence-electron chi connectivity index (χ3n) is 10.2. The smallest absolute Gasteiger partial charge is 0.407 e. The lowest BCUT2D eigenvalue weighted by atomic mass is 10.1. The zero-order chi connectivity index (χ0) is 42.0. The van der Waals surface area contributed by atoms with E-state index in [1.807, 2.05) is 91.9 Å². The molecule has 0 spiro atoms. The molecule has 3 heterocycles. The Kier molecular flexibility index (Phi) is 12.7. The lowest BCUT2D eigenvalue weighted by Crippen LogP contribution is -2.42. The molecule has 1 fully saturated rings. The van der Waals surface area contributed by atoms with Crippen LogP contribution in [0.25, 0.3) is 22.5 Å². The summed E-state index contributed by atoms with van der Waals surface area (Å²) in [5.74, 6) is 7.06. The molecular weight excluding hydrogens is 761 g/mol. The van der Waals surface area contributed by atoms with Crippen LogP contribution >= 0.6 is 0 Å². The van der Waals surface area contributed by atoms with Gasteiger partial charge in [-0.15, -0.1) is 0 Å². The van der Waals surface area contributed by atoms with Crippen molar-refractivity contribution in [3.8, 4) is 34.4 Å². The number of aromatic amines is 2. The van der Waals surface area contributed by atoms with Crippen LogP contribution in [0.4, 0.5) is 9.59 Å². The first-order chi connectivity index (χ1) is 29.2. The van der Waals surface area contributed by atoms with Crippen molar-refractivity contribution in [3.63, 3.8) is 0 Å². The molecule has 2 aromatic heterocycles. The van der Waals surface area contributed by atoms with E-state index in [9.17, 15) is 19.2 Å². The molecule has 1 aliphatic rings. The summed E-state index contributed by atoms with van der Waals surface area (Å²) < 4.78 is 9.54. The van der Waals surface area contributed by atoms with Gasteiger partial charge in [0.15, 0.2) is 0 Å². The zero-order valence-electron chi connectivity index (χ0n) is 33.3. The molecule has 1 saturated heterocycles. The van der Waals surface area contributed by atoms with E-state index in [0.29, 0.717) is 29.3 Å². The summed E-state index contributed by atoms with van der Waals surface area (Å²) in [5.41, 5.74) is 6.37. The Morgan fingerprint density at radius 2 is 1.20 bits per heavy atom. The van der Waals surface area contributed by atoms with Crippen LogP contribution in [-0.2, 0) is 19.1 Å². The highest BCUT2D eigenvalue weighted by Gasteiger charge is 2.37. The van der Waals surface area contributed by atoms with Crippen molar-refractivity contribution >= 4 is 24.0 Å². The van der Waals surface area contributed by atoms with Gasteiger partial charge in [-0.3, -0.25) is 9.59 Å². The van der Waals surface area contributed by atoms with Gasteiger partial charge in [0, 0.05) is 17.7 Å². The van der Waals surface area contributed by atoms with Crippen LogP contribution < -0.4 is 16.0 Å². The molecule has 6 aromatic rings. The SMILES string of the molecule is COC(=O)NC(C(=O)NC(C)c1ncc(-c2ccc(C#Cc3ccc(-c4cnc(C5CCCN5C(=O)C(NC(=O)OC)c5ccccc5)[nH]4)cc3)cc2)[nH]1)c1ccccc1. The first-order valence-corrected chi connectivity index (χ1v) is 19.4. The Labute approximate surface area is 347 Å². The molecular formula is C46H44N8O6. The van der Waals surface area contributed by atoms with E-state index < -0.39 is 36.2 Å². The van der Waals surface area contributed by atoms with E-state index >= 15 is 0 Å². The number of carbonyl (C=O) groups is 4. The summed E-state index contributed by atoms with van der Waals surface area (Å²) in [4.78, 5) is 68.9. The molecule has 0 radical (unpaired) electrons. The van der Waals surface area contributed by atoms with Crippen LogP contribution in [0.5, 0.6) is 0 Å². The van der Waals surface area contributed by atoms with Crippen molar-refractivity contribution in [1.82, 2.24) is 40.8 Å². The lowest BCUT2D eigenvalue weighted by molar-refractivity contribution is -0.134. The number of nitrogens with one attached hydrogen (secondary N) is 5. The number of H-pyrrole nitrogens is 2. The standard InChI is InChI=1S/C46H44N8O6/c1-29(49-43(55)39(52-45(57)59-2)34-11-6-4-7-12-34)41-47-27-36(50-41)32-22-18-30(19-23-32)16-17-31-20-24-33(25-21-31)37-28-48-42(51-37)38-15-10-26-54(38)44(56)40(53-46(58)60-3)35-13-8-5-9-14-35/h4-9,11-14,18-25,27-29,38-40H,10,15,26H2,1-3H3,(H,47,50)(H,48,51)(H,49,55)(H,52,57)(H,53,58). The van der Waals surface area contributed by atoms with Crippen LogP contribution in [0.2, 0.25) is 0 Å². The predicted octanol–water partition coefficient (Wildman–Crippen LogP) is 6.90. The maximum Gasteiger partial charge on any atom is 0.407 e. The summed E-state index contributed by atoms with van der Waals surface area (Å²) in [6.45, 7) is 2.35. The molecule has 7 rings (SSSR count). The van der Waals surface area contributed by atoms with Crippen LogP contribution in [-0.4, -0.2) is 69.6 Å². The van der Waals surface area contributed by atoms with E-state index in [2.05, 4.69) is 47.7 Å². The number of ether oxygens (including phenoxy) is 2. The zero-order valence-corrected chi connectivity index (χ0v) is 33.3. The van der Waals surface area contributed by atoms with Crippen molar-refractivity contribution in [3.05, 3.63) is 155 Å². The van der Waals surface area contributed by atoms with Crippen LogP contribution in [0.1, 0.15) is 77.8 Å². The molecule has 5 N–H and O–H groups in total. The maximum absolute atomic E-state index is 13.8. The molecule has 60 heavy (non-hydrogen) atoms. The fourth-order valence-electron chi connectivity index (χ4n) is 7.04. The third kappa shape index (κ3) is 9.54. The van der Waals surface area contributed by atoms with Crippen molar-refractivity contribution in [1.29, 1.82) is 0 Å². The average molecular weight is 805 g/mol. The molecule has 0 saturated carbocycles. The fraction of sp³-hybridized carbons (Fsp3) is 0.217. The Balaban J connectivity index is 0.964. The van der Waals surface area contributed by atoms with Gasteiger partial charge in [-0.2, -0.15) is 0 Å². The number of amides is 4. The van der Waals surface area contributed by atoms with Gasteiger partial charge in [0.1, 0.15) is 23.7 Å². The van der Waals surface area contributed by atoms with Gasteiger partial charge in [0.2, 0.25) is 5.91 Å². The second-order valence-corrected chi connectivity index (χ2v) is 14.1. The van der Waals surface area contributed by atoms with Gasteiger partial charge in [0.05, 0.1) is 50.1 Å². The number of nitrogens with zero attached hydrogens (tertiary/aromatic N) is 3. The van der Waals surface area contributed by atoms with Gasteiger partial charge in [-0.25, -0.2) is 19.6 Å². The highest BCUT2D eigenvalue weighted by molar-refractivity contribution is 5.88. The molecule has 304 valence electrons. The summed E-state index contributed by atoms with van der Waals surface area (Å²) in [6.07, 6.45) is 3.64. The minimum atomic E-state index is -0.945. The van der Waals surface area contributed by atoms with Gasteiger partial charge < -0.3 is 40.3 Å². The number of alkyl carbamates (subject to hydrolysis) is 2. The summed E-state index contributed by atoms with van der Waals surface area (Å²) in [6, 6.07) is 31.1. The molecule has 4 amide bonds. The largest absolute Gasteiger partial charge is 0.453 e. The predicted molar refractivity (Wildman–Crippen MR) is 224 cm³/mol. The first kappa shape index (κ1) is 40.5. The van der Waals surface area contributed by atoms with E-state index in [4.69, 9.17) is 9.47 Å². The monoisotopic (exact) mass is 804 g/mol. The van der Waals surface area contributed by atoms with Crippen LogP contribution in [0.3, 0.4) is 0 Å². The topological polar surface area (TPSA) is 183 Å².